The maximum atomic E-state index is 4.81. The maximum Gasteiger partial charge on any atom is 0.163 e. The highest BCUT2D eigenvalue weighted by Crippen LogP contribution is 2.31. The zero-order chi connectivity index (χ0) is 17.3. The summed E-state index contributed by atoms with van der Waals surface area (Å²) in [6.07, 6.45) is 14.8. The molecule has 26 heavy (non-hydrogen) atoms. The van der Waals surface area contributed by atoms with E-state index in [1.54, 1.807) is 6.20 Å². The van der Waals surface area contributed by atoms with E-state index in [1.807, 2.05) is 24.5 Å². The highest BCUT2D eigenvalue weighted by Gasteiger charge is 2.21. The van der Waals surface area contributed by atoms with Gasteiger partial charge in [0.15, 0.2) is 5.82 Å². The predicted octanol–water partition coefficient (Wildman–Crippen LogP) is 3.77. The van der Waals surface area contributed by atoms with Crippen LogP contribution >= 0.6 is 0 Å². The minimum Gasteiger partial charge on any atom is -0.337 e. The van der Waals surface area contributed by atoms with Crippen LogP contribution in [-0.2, 0) is 19.4 Å². The van der Waals surface area contributed by atoms with Crippen LogP contribution in [0.5, 0.6) is 0 Å². The summed E-state index contributed by atoms with van der Waals surface area (Å²) in [4.78, 5) is 13.8. The van der Waals surface area contributed by atoms with Crippen LogP contribution in [0.25, 0.3) is 11.4 Å². The van der Waals surface area contributed by atoms with Gasteiger partial charge in [-0.25, -0.2) is 9.97 Å². The first-order valence-electron chi connectivity index (χ1n) is 9.45. The van der Waals surface area contributed by atoms with E-state index in [2.05, 4.69) is 26.3 Å². The molecule has 3 aromatic rings. The number of aryl methyl sites for hydroxylation is 1. The van der Waals surface area contributed by atoms with Crippen molar-refractivity contribution in [1.82, 2.24) is 24.7 Å². The molecule has 132 valence electrons. The van der Waals surface area contributed by atoms with Crippen LogP contribution < -0.4 is 5.32 Å². The van der Waals surface area contributed by atoms with Gasteiger partial charge in [0.1, 0.15) is 5.82 Å². The number of aromatic nitrogens is 5. The Labute approximate surface area is 152 Å². The third kappa shape index (κ3) is 2.96. The molecule has 2 aliphatic rings. The lowest BCUT2D eigenvalue weighted by Crippen LogP contribution is -2.18. The zero-order valence-electron chi connectivity index (χ0n) is 14.7. The first-order chi connectivity index (χ1) is 12.8. The molecule has 0 aromatic carbocycles. The second-order valence-electron chi connectivity index (χ2n) is 7.29. The monoisotopic (exact) mass is 346 g/mol. The van der Waals surface area contributed by atoms with Gasteiger partial charge < -0.3 is 5.32 Å². The van der Waals surface area contributed by atoms with Crippen LogP contribution in [-0.4, -0.2) is 24.7 Å². The molecule has 0 unspecified atom stereocenters. The predicted molar refractivity (Wildman–Crippen MR) is 100 cm³/mol. The van der Waals surface area contributed by atoms with Crippen molar-refractivity contribution in [2.45, 2.75) is 45.1 Å². The van der Waals surface area contributed by atoms with Gasteiger partial charge >= 0.3 is 0 Å². The smallest absolute Gasteiger partial charge is 0.163 e. The minimum absolute atomic E-state index is 0.739. The molecule has 6 nitrogen and oxygen atoms in total. The second kappa shape index (κ2) is 6.52. The summed E-state index contributed by atoms with van der Waals surface area (Å²) in [5.74, 6) is 2.45. The van der Waals surface area contributed by atoms with Crippen molar-refractivity contribution >= 4 is 11.5 Å². The molecule has 1 saturated carbocycles. The fraction of sp³-hybridized carbons (Fsp3) is 0.400. The molecule has 0 aliphatic heterocycles. The van der Waals surface area contributed by atoms with Gasteiger partial charge in [-0.3, -0.25) is 9.67 Å². The van der Waals surface area contributed by atoms with Crippen LogP contribution in [0.2, 0.25) is 0 Å². The van der Waals surface area contributed by atoms with Crippen molar-refractivity contribution in [3.63, 3.8) is 0 Å². The quantitative estimate of drug-likeness (QED) is 0.762. The summed E-state index contributed by atoms with van der Waals surface area (Å²) >= 11 is 0. The van der Waals surface area contributed by atoms with Gasteiger partial charge in [0.2, 0.25) is 0 Å². The maximum absolute atomic E-state index is 4.81. The Bertz CT molecular complexity index is 913. The number of rotatable bonds is 5. The Kier molecular flexibility index (Phi) is 3.88. The lowest BCUT2D eigenvalue weighted by atomic mass is 9.85. The first-order valence-corrected chi connectivity index (χ1v) is 9.45. The molecule has 0 saturated heterocycles. The van der Waals surface area contributed by atoms with Crippen LogP contribution in [0.15, 0.2) is 36.9 Å². The summed E-state index contributed by atoms with van der Waals surface area (Å²) in [5.41, 5.74) is 4.34. The summed E-state index contributed by atoms with van der Waals surface area (Å²) in [6, 6.07) is 3.92. The van der Waals surface area contributed by atoms with Crippen LogP contribution in [0.3, 0.4) is 0 Å². The van der Waals surface area contributed by atoms with Gasteiger partial charge in [0, 0.05) is 42.0 Å². The number of hydrogen-bond acceptors (Lipinski definition) is 5. The number of nitrogens with one attached hydrogen (secondary N) is 1. The van der Waals surface area contributed by atoms with Crippen molar-refractivity contribution < 1.29 is 0 Å². The zero-order valence-corrected chi connectivity index (χ0v) is 14.7. The van der Waals surface area contributed by atoms with E-state index in [0.717, 1.165) is 60.3 Å². The summed E-state index contributed by atoms with van der Waals surface area (Å²) < 4.78 is 2.05. The third-order valence-corrected chi connectivity index (χ3v) is 5.42. The molecule has 1 fully saturated rings. The van der Waals surface area contributed by atoms with Crippen molar-refractivity contribution in [1.29, 1.82) is 0 Å². The average Bonchev–Trinajstić information content (AvgIpc) is 3.28. The van der Waals surface area contributed by atoms with Gasteiger partial charge in [-0.05, 0) is 50.2 Å². The van der Waals surface area contributed by atoms with E-state index >= 15 is 0 Å². The van der Waals surface area contributed by atoms with E-state index in [1.165, 1.54) is 24.8 Å². The molecule has 5 rings (SSSR count). The number of pyridine rings is 1. The lowest BCUT2D eigenvalue weighted by molar-refractivity contribution is 0.266. The topological polar surface area (TPSA) is 68.5 Å². The molecule has 0 spiro atoms. The van der Waals surface area contributed by atoms with E-state index in [9.17, 15) is 0 Å². The molecule has 3 aromatic heterocycles. The molecule has 6 heteroatoms. The van der Waals surface area contributed by atoms with Gasteiger partial charge in [-0.2, -0.15) is 5.10 Å². The molecule has 2 aliphatic carbocycles. The van der Waals surface area contributed by atoms with E-state index in [-0.39, 0.29) is 0 Å². The van der Waals surface area contributed by atoms with Crippen molar-refractivity contribution in [3.8, 4) is 11.4 Å². The van der Waals surface area contributed by atoms with E-state index in [4.69, 9.17) is 9.97 Å². The fourth-order valence-corrected chi connectivity index (χ4v) is 3.76. The van der Waals surface area contributed by atoms with Crippen LogP contribution in [0, 0.1) is 5.92 Å². The first kappa shape index (κ1) is 15.5. The Morgan fingerprint density at radius 1 is 1.12 bits per heavy atom. The Hall–Kier alpha value is -2.76. The molecule has 0 amide bonds. The normalized spacial score (nSPS) is 16.3. The SMILES string of the molecule is c1cncc(-c2nc3c(c(Nc4cnn(CC5CCC5)c4)n2)CCC3)c1. The van der Waals surface area contributed by atoms with E-state index in [0.29, 0.717) is 0 Å². The minimum atomic E-state index is 0.739. The van der Waals surface area contributed by atoms with E-state index < -0.39 is 0 Å². The average molecular weight is 346 g/mol. The lowest BCUT2D eigenvalue weighted by Gasteiger charge is -2.24. The van der Waals surface area contributed by atoms with Gasteiger partial charge in [-0.15, -0.1) is 0 Å². The number of hydrogen-bond donors (Lipinski definition) is 1. The fourth-order valence-electron chi connectivity index (χ4n) is 3.76. The Balaban J connectivity index is 1.43. The van der Waals surface area contributed by atoms with Crippen molar-refractivity contribution in [2.75, 3.05) is 5.32 Å². The second-order valence-corrected chi connectivity index (χ2v) is 7.29. The Morgan fingerprint density at radius 2 is 2.08 bits per heavy atom. The molecule has 0 atom stereocenters. The largest absolute Gasteiger partial charge is 0.337 e. The molecular weight excluding hydrogens is 324 g/mol. The summed E-state index contributed by atoms with van der Waals surface area (Å²) in [5, 5.41) is 8.00. The highest BCUT2D eigenvalue weighted by atomic mass is 15.3. The van der Waals surface area contributed by atoms with Crippen molar-refractivity contribution in [2.24, 2.45) is 5.92 Å². The molecule has 1 N–H and O–H groups in total. The van der Waals surface area contributed by atoms with Crippen LogP contribution in [0.4, 0.5) is 11.5 Å². The molecule has 0 bridgehead atoms. The van der Waals surface area contributed by atoms with Gasteiger partial charge in [-0.1, -0.05) is 6.42 Å². The molecule has 3 heterocycles. The number of anilines is 2. The standard InChI is InChI=1S/C20H22N6/c1-4-14(5-1)12-26-13-16(11-22-26)23-20-17-7-2-8-18(17)24-19(25-20)15-6-3-9-21-10-15/h3,6,9-11,13-14H,1-2,4-5,7-8,12H2,(H,23,24,25). The highest BCUT2D eigenvalue weighted by molar-refractivity contribution is 5.64. The summed E-state index contributed by atoms with van der Waals surface area (Å²) in [6.45, 7) is 1.02. The van der Waals surface area contributed by atoms with Gasteiger partial charge in [0.05, 0.1) is 11.9 Å². The number of nitrogens with zero attached hydrogens (tertiary/aromatic N) is 5. The number of fused-ring (bicyclic) bond motifs is 1. The Morgan fingerprint density at radius 3 is 2.88 bits per heavy atom. The third-order valence-electron chi connectivity index (χ3n) is 5.42. The van der Waals surface area contributed by atoms with Crippen LogP contribution in [0.1, 0.15) is 36.9 Å². The molecule has 0 radical (unpaired) electrons. The van der Waals surface area contributed by atoms with Gasteiger partial charge in [0.25, 0.3) is 0 Å². The van der Waals surface area contributed by atoms with Crippen molar-refractivity contribution in [3.05, 3.63) is 48.2 Å². The summed E-state index contributed by atoms with van der Waals surface area (Å²) in [7, 11) is 0. The molecular formula is C20H22N6.